The molecular formula is C15H23N5O3. The molecule has 2 unspecified atom stereocenters. The van der Waals surface area contributed by atoms with Gasteiger partial charge in [-0.25, -0.2) is 9.67 Å². The fraction of sp³-hybridized carbons (Fsp3) is 0.733. The van der Waals surface area contributed by atoms with E-state index in [1.807, 2.05) is 9.58 Å². The first-order valence-corrected chi connectivity index (χ1v) is 8.08. The van der Waals surface area contributed by atoms with Crippen LogP contribution in [0.5, 0.6) is 0 Å². The largest absolute Gasteiger partial charge is 0.383 e. The van der Waals surface area contributed by atoms with Gasteiger partial charge < -0.3 is 14.5 Å². The fourth-order valence-corrected chi connectivity index (χ4v) is 3.39. The highest BCUT2D eigenvalue weighted by atomic mass is 16.5. The van der Waals surface area contributed by atoms with Crippen LogP contribution in [-0.2, 0) is 14.3 Å². The van der Waals surface area contributed by atoms with E-state index in [0.717, 1.165) is 19.4 Å². The number of likely N-dealkylation sites (tertiary alicyclic amines) is 2. The zero-order chi connectivity index (χ0) is 16.2. The quantitative estimate of drug-likeness (QED) is 0.759. The van der Waals surface area contributed by atoms with Crippen molar-refractivity contribution in [1.29, 1.82) is 0 Å². The second-order valence-corrected chi connectivity index (χ2v) is 6.19. The summed E-state index contributed by atoms with van der Waals surface area (Å²) in [7, 11) is 1.61. The Labute approximate surface area is 135 Å². The molecule has 2 saturated heterocycles. The summed E-state index contributed by atoms with van der Waals surface area (Å²) in [6.45, 7) is 2.97. The summed E-state index contributed by atoms with van der Waals surface area (Å²) in [6.07, 6.45) is 5.47. The first kappa shape index (κ1) is 15.9. The Morgan fingerprint density at radius 2 is 2.30 bits per heavy atom. The third-order valence-electron chi connectivity index (χ3n) is 4.65. The molecule has 1 aromatic rings. The van der Waals surface area contributed by atoms with E-state index in [2.05, 4.69) is 10.1 Å². The maximum absolute atomic E-state index is 12.8. The molecule has 2 amide bonds. The van der Waals surface area contributed by atoms with Crippen LogP contribution in [0.25, 0.3) is 0 Å². The van der Waals surface area contributed by atoms with Crippen molar-refractivity contribution in [1.82, 2.24) is 24.6 Å². The molecule has 2 fully saturated rings. The maximum Gasteiger partial charge on any atom is 0.228 e. The van der Waals surface area contributed by atoms with Crippen molar-refractivity contribution >= 4 is 11.8 Å². The number of hydrogen-bond donors (Lipinski definition) is 0. The van der Waals surface area contributed by atoms with Gasteiger partial charge >= 0.3 is 0 Å². The zero-order valence-electron chi connectivity index (χ0n) is 13.4. The van der Waals surface area contributed by atoms with E-state index < -0.39 is 0 Å². The first-order chi connectivity index (χ1) is 11.2. The molecule has 23 heavy (non-hydrogen) atoms. The molecule has 0 radical (unpaired) electrons. The molecule has 0 spiro atoms. The highest BCUT2D eigenvalue weighted by Crippen LogP contribution is 2.25. The fourth-order valence-electron chi connectivity index (χ4n) is 3.39. The van der Waals surface area contributed by atoms with Gasteiger partial charge in [-0.3, -0.25) is 9.59 Å². The summed E-state index contributed by atoms with van der Waals surface area (Å²) < 4.78 is 6.84. The third-order valence-corrected chi connectivity index (χ3v) is 4.65. The Morgan fingerprint density at radius 1 is 1.43 bits per heavy atom. The molecule has 3 heterocycles. The molecule has 0 saturated carbocycles. The molecule has 0 aliphatic carbocycles. The number of hydrogen-bond acceptors (Lipinski definition) is 5. The highest BCUT2D eigenvalue weighted by molar-refractivity contribution is 5.89. The summed E-state index contributed by atoms with van der Waals surface area (Å²) in [5.74, 6) is -0.0952. The van der Waals surface area contributed by atoms with Gasteiger partial charge in [-0.05, 0) is 12.8 Å². The average Bonchev–Trinajstić information content (AvgIpc) is 3.22. The van der Waals surface area contributed by atoms with E-state index in [-0.39, 0.29) is 23.8 Å². The van der Waals surface area contributed by atoms with E-state index in [1.54, 1.807) is 18.3 Å². The van der Waals surface area contributed by atoms with Crippen molar-refractivity contribution in [3.8, 4) is 0 Å². The Morgan fingerprint density at radius 3 is 3.04 bits per heavy atom. The van der Waals surface area contributed by atoms with Crippen LogP contribution in [0, 0.1) is 5.92 Å². The van der Waals surface area contributed by atoms with Crippen LogP contribution in [0.1, 0.15) is 25.3 Å². The Hall–Kier alpha value is -1.96. The van der Waals surface area contributed by atoms with Gasteiger partial charge in [-0.2, -0.15) is 5.10 Å². The van der Waals surface area contributed by atoms with Crippen LogP contribution in [0.15, 0.2) is 12.7 Å². The van der Waals surface area contributed by atoms with Crippen LogP contribution in [0.4, 0.5) is 0 Å². The number of carbonyl (C=O) groups excluding carboxylic acids is 2. The Bertz CT molecular complexity index is 547. The molecule has 8 nitrogen and oxygen atoms in total. The van der Waals surface area contributed by atoms with Crippen LogP contribution >= 0.6 is 0 Å². The predicted molar refractivity (Wildman–Crippen MR) is 81.4 cm³/mol. The molecule has 2 aliphatic rings. The molecule has 0 N–H and O–H groups in total. The average molecular weight is 321 g/mol. The molecule has 3 rings (SSSR count). The van der Waals surface area contributed by atoms with E-state index in [1.165, 1.54) is 6.33 Å². The summed E-state index contributed by atoms with van der Waals surface area (Å²) in [5, 5.41) is 4.18. The minimum atomic E-state index is -0.228. The molecular weight excluding hydrogens is 298 g/mol. The predicted octanol–water partition coefficient (Wildman–Crippen LogP) is -0.0635. The van der Waals surface area contributed by atoms with Gasteiger partial charge in [-0.15, -0.1) is 0 Å². The third kappa shape index (κ3) is 3.52. The van der Waals surface area contributed by atoms with Crippen LogP contribution in [0.3, 0.4) is 0 Å². The zero-order valence-corrected chi connectivity index (χ0v) is 13.4. The number of rotatable bonds is 5. The second kappa shape index (κ2) is 7.08. The van der Waals surface area contributed by atoms with E-state index in [4.69, 9.17) is 4.74 Å². The number of aromatic nitrogens is 3. The second-order valence-electron chi connectivity index (χ2n) is 6.19. The number of amides is 2. The lowest BCUT2D eigenvalue weighted by Crippen LogP contribution is -2.44. The van der Waals surface area contributed by atoms with Crippen molar-refractivity contribution in [2.45, 2.75) is 25.3 Å². The van der Waals surface area contributed by atoms with Gasteiger partial charge in [0.25, 0.3) is 0 Å². The Balaban J connectivity index is 1.58. The number of carbonyl (C=O) groups is 2. The van der Waals surface area contributed by atoms with Gasteiger partial charge in [0, 0.05) is 39.7 Å². The van der Waals surface area contributed by atoms with E-state index >= 15 is 0 Å². The van der Waals surface area contributed by atoms with Crippen LogP contribution in [0.2, 0.25) is 0 Å². The number of ether oxygens (including phenoxy) is 1. The van der Waals surface area contributed by atoms with Gasteiger partial charge in [0.05, 0.1) is 18.6 Å². The van der Waals surface area contributed by atoms with Crippen molar-refractivity contribution in [2.24, 2.45) is 5.92 Å². The summed E-state index contributed by atoms with van der Waals surface area (Å²) in [6, 6.07) is 0.178. The summed E-state index contributed by atoms with van der Waals surface area (Å²) >= 11 is 0. The minimum Gasteiger partial charge on any atom is -0.383 e. The van der Waals surface area contributed by atoms with Crippen molar-refractivity contribution in [2.75, 3.05) is 39.9 Å². The molecule has 2 atom stereocenters. The number of methoxy groups -OCH3 is 1. The molecule has 8 heteroatoms. The van der Waals surface area contributed by atoms with E-state index in [0.29, 0.717) is 32.7 Å². The standard InChI is InChI=1S/C15H23N5O3/c1-23-6-5-18-8-12(7-14(18)21)15(22)19-4-2-3-13(9-19)20-11-16-10-17-20/h10-13H,2-9H2,1H3. The lowest BCUT2D eigenvalue weighted by atomic mass is 10.0. The van der Waals surface area contributed by atoms with Gasteiger partial charge in [0.2, 0.25) is 11.8 Å². The molecule has 0 aromatic carbocycles. The summed E-state index contributed by atoms with van der Waals surface area (Å²) in [4.78, 5) is 32.3. The normalized spacial score (nSPS) is 25.2. The van der Waals surface area contributed by atoms with Crippen LogP contribution in [-0.4, -0.2) is 76.3 Å². The Kier molecular flexibility index (Phi) is 4.90. The minimum absolute atomic E-state index is 0.0465. The van der Waals surface area contributed by atoms with Crippen molar-refractivity contribution in [3.63, 3.8) is 0 Å². The monoisotopic (exact) mass is 321 g/mol. The molecule has 1 aromatic heterocycles. The molecule has 2 aliphatic heterocycles. The maximum atomic E-state index is 12.8. The highest BCUT2D eigenvalue weighted by Gasteiger charge is 2.37. The SMILES string of the molecule is COCCN1CC(C(=O)N2CCCC(n3cncn3)C2)CC1=O. The smallest absolute Gasteiger partial charge is 0.228 e. The van der Waals surface area contributed by atoms with Gasteiger partial charge in [-0.1, -0.05) is 0 Å². The number of nitrogens with zero attached hydrogens (tertiary/aromatic N) is 5. The summed E-state index contributed by atoms with van der Waals surface area (Å²) in [5.41, 5.74) is 0. The number of piperidine rings is 1. The van der Waals surface area contributed by atoms with Gasteiger partial charge in [0.1, 0.15) is 12.7 Å². The lowest BCUT2D eigenvalue weighted by molar-refractivity contribution is -0.137. The molecule has 126 valence electrons. The lowest BCUT2D eigenvalue weighted by Gasteiger charge is -2.34. The molecule has 0 bridgehead atoms. The van der Waals surface area contributed by atoms with Crippen LogP contribution < -0.4 is 0 Å². The first-order valence-electron chi connectivity index (χ1n) is 8.08. The van der Waals surface area contributed by atoms with Gasteiger partial charge in [0.15, 0.2) is 0 Å². The topological polar surface area (TPSA) is 80.6 Å². The van der Waals surface area contributed by atoms with Crippen molar-refractivity contribution < 1.29 is 14.3 Å². The van der Waals surface area contributed by atoms with E-state index in [9.17, 15) is 9.59 Å². The van der Waals surface area contributed by atoms with Crippen molar-refractivity contribution in [3.05, 3.63) is 12.7 Å².